The molecule has 0 saturated heterocycles. The molecule has 2 rings (SSSR count). The zero-order valence-corrected chi connectivity index (χ0v) is 11.1. The van der Waals surface area contributed by atoms with E-state index in [0.29, 0.717) is 6.42 Å². The molecule has 4 nitrogen and oxygen atoms in total. The van der Waals surface area contributed by atoms with Crippen LogP contribution in [0.5, 0.6) is 0 Å². The number of amides is 1. The first-order chi connectivity index (χ1) is 9.10. The quantitative estimate of drug-likeness (QED) is 0.847. The lowest BCUT2D eigenvalue weighted by Gasteiger charge is -2.12. The number of hydrogen-bond acceptors (Lipinski definition) is 2. The molecule has 0 saturated carbocycles. The molecule has 1 unspecified atom stereocenters. The Morgan fingerprint density at radius 1 is 1.32 bits per heavy atom. The van der Waals surface area contributed by atoms with E-state index in [4.69, 9.17) is 5.11 Å². The van der Waals surface area contributed by atoms with Crippen LogP contribution in [0.15, 0.2) is 18.2 Å². The van der Waals surface area contributed by atoms with Crippen molar-refractivity contribution >= 4 is 11.9 Å². The highest BCUT2D eigenvalue weighted by molar-refractivity contribution is 5.84. The van der Waals surface area contributed by atoms with Crippen LogP contribution in [-0.2, 0) is 28.9 Å². The normalized spacial score (nSPS) is 14.8. The maximum absolute atomic E-state index is 11.8. The summed E-state index contributed by atoms with van der Waals surface area (Å²) in [5, 5.41) is 11.4. The molecule has 1 aromatic carbocycles. The Bertz CT molecular complexity index is 496. The van der Waals surface area contributed by atoms with Crippen molar-refractivity contribution in [2.45, 2.75) is 45.1 Å². The summed E-state index contributed by atoms with van der Waals surface area (Å²) < 4.78 is 0. The highest BCUT2D eigenvalue weighted by Gasteiger charge is 2.18. The van der Waals surface area contributed by atoms with Crippen LogP contribution in [0.3, 0.4) is 0 Å². The number of rotatable bonds is 5. The molecule has 2 N–H and O–H groups in total. The van der Waals surface area contributed by atoms with E-state index in [0.717, 1.165) is 18.4 Å². The first kappa shape index (κ1) is 13.6. The second kappa shape index (κ2) is 5.87. The molecule has 0 heterocycles. The van der Waals surface area contributed by atoms with Gasteiger partial charge in [0, 0.05) is 0 Å². The lowest BCUT2D eigenvalue weighted by molar-refractivity contribution is -0.141. The molecule has 0 fully saturated rings. The molecule has 0 radical (unpaired) electrons. The van der Waals surface area contributed by atoms with E-state index in [9.17, 15) is 9.59 Å². The van der Waals surface area contributed by atoms with Gasteiger partial charge >= 0.3 is 5.97 Å². The summed E-state index contributed by atoms with van der Waals surface area (Å²) >= 11 is 0. The minimum Gasteiger partial charge on any atom is -0.480 e. The van der Waals surface area contributed by atoms with E-state index >= 15 is 0 Å². The van der Waals surface area contributed by atoms with E-state index in [1.165, 1.54) is 17.5 Å². The van der Waals surface area contributed by atoms with Crippen molar-refractivity contribution in [3.63, 3.8) is 0 Å². The van der Waals surface area contributed by atoms with E-state index in [1.807, 2.05) is 6.07 Å². The van der Waals surface area contributed by atoms with Crippen LogP contribution in [0.25, 0.3) is 0 Å². The fourth-order valence-corrected chi connectivity index (χ4v) is 2.50. The van der Waals surface area contributed by atoms with Gasteiger partial charge in [-0.15, -0.1) is 0 Å². The lowest BCUT2D eigenvalue weighted by atomic mass is 10.0. The Morgan fingerprint density at radius 3 is 2.74 bits per heavy atom. The van der Waals surface area contributed by atoms with Gasteiger partial charge in [-0.2, -0.15) is 0 Å². The third-order valence-corrected chi connectivity index (χ3v) is 3.57. The SMILES string of the molecule is CCC(NC(=O)Cc1ccc2c(c1)CCC2)C(=O)O. The Labute approximate surface area is 112 Å². The molecule has 1 aliphatic carbocycles. The largest absolute Gasteiger partial charge is 0.480 e. The molecule has 0 spiro atoms. The van der Waals surface area contributed by atoms with Gasteiger partial charge in [0.2, 0.25) is 5.91 Å². The molecule has 0 aromatic heterocycles. The van der Waals surface area contributed by atoms with Crippen LogP contribution >= 0.6 is 0 Å². The number of carboxylic acid groups (broad SMARTS) is 1. The second-order valence-electron chi connectivity index (χ2n) is 5.00. The van der Waals surface area contributed by atoms with Gasteiger partial charge in [0.25, 0.3) is 0 Å². The smallest absolute Gasteiger partial charge is 0.326 e. The first-order valence-electron chi connectivity index (χ1n) is 6.73. The van der Waals surface area contributed by atoms with E-state index in [2.05, 4.69) is 17.4 Å². The van der Waals surface area contributed by atoms with Gasteiger partial charge < -0.3 is 10.4 Å². The second-order valence-corrected chi connectivity index (χ2v) is 5.00. The number of aliphatic carboxylic acids is 1. The Kier molecular flexibility index (Phi) is 4.20. The highest BCUT2D eigenvalue weighted by atomic mass is 16.4. The third kappa shape index (κ3) is 3.34. The molecule has 4 heteroatoms. The molecule has 102 valence electrons. The fraction of sp³-hybridized carbons (Fsp3) is 0.467. The van der Waals surface area contributed by atoms with Crippen molar-refractivity contribution in [1.82, 2.24) is 5.32 Å². The molecule has 19 heavy (non-hydrogen) atoms. The van der Waals surface area contributed by atoms with Gasteiger partial charge in [-0.1, -0.05) is 25.1 Å². The van der Waals surface area contributed by atoms with Gasteiger partial charge in [0.1, 0.15) is 6.04 Å². The topological polar surface area (TPSA) is 66.4 Å². The number of benzene rings is 1. The number of aryl methyl sites for hydroxylation is 2. The van der Waals surface area contributed by atoms with E-state index in [-0.39, 0.29) is 12.3 Å². The predicted molar refractivity (Wildman–Crippen MR) is 72.0 cm³/mol. The van der Waals surface area contributed by atoms with Crippen LogP contribution in [0.4, 0.5) is 0 Å². The number of hydrogen-bond donors (Lipinski definition) is 2. The zero-order valence-electron chi connectivity index (χ0n) is 11.1. The Hall–Kier alpha value is -1.84. The number of fused-ring (bicyclic) bond motifs is 1. The van der Waals surface area contributed by atoms with Crippen LogP contribution in [0.1, 0.15) is 36.5 Å². The fourth-order valence-electron chi connectivity index (χ4n) is 2.50. The minimum absolute atomic E-state index is 0.229. The van der Waals surface area contributed by atoms with E-state index in [1.54, 1.807) is 6.92 Å². The van der Waals surface area contributed by atoms with Crippen LogP contribution < -0.4 is 5.32 Å². The maximum atomic E-state index is 11.8. The van der Waals surface area contributed by atoms with Crippen molar-refractivity contribution in [3.8, 4) is 0 Å². The Balaban J connectivity index is 1.97. The highest BCUT2D eigenvalue weighted by Crippen LogP contribution is 2.22. The molecular formula is C15H19NO3. The summed E-state index contributed by atoms with van der Waals surface area (Å²) in [7, 11) is 0. The molecule has 1 aliphatic rings. The molecule has 0 aliphatic heterocycles. The lowest BCUT2D eigenvalue weighted by Crippen LogP contribution is -2.40. The number of carbonyl (C=O) groups is 2. The maximum Gasteiger partial charge on any atom is 0.326 e. The molecule has 0 bridgehead atoms. The number of nitrogens with one attached hydrogen (secondary N) is 1. The number of carboxylic acids is 1. The van der Waals surface area contributed by atoms with Gasteiger partial charge in [-0.05, 0) is 42.4 Å². The molecular weight excluding hydrogens is 242 g/mol. The van der Waals surface area contributed by atoms with Crippen LogP contribution in [0, 0.1) is 0 Å². The van der Waals surface area contributed by atoms with Crippen molar-refractivity contribution in [2.75, 3.05) is 0 Å². The van der Waals surface area contributed by atoms with Crippen LogP contribution in [0.2, 0.25) is 0 Å². The van der Waals surface area contributed by atoms with Crippen molar-refractivity contribution in [1.29, 1.82) is 0 Å². The molecule has 1 aromatic rings. The van der Waals surface area contributed by atoms with Gasteiger partial charge in [-0.25, -0.2) is 4.79 Å². The van der Waals surface area contributed by atoms with Crippen molar-refractivity contribution in [2.24, 2.45) is 0 Å². The van der Waals surface area contributed by atoms with Crippen molar-refractivity contribution < 1.29 is 14.7 Å². The minimum atomic E-state index is -0.982. The first-order valence-corrected chi connectivity index (χ1v) is 6.73. The summed E-state index contributed by atoms with van der Waals surface area (Å²) in [6.07, 6.45) is 4.03. The summed E-state index contributed by atoms with van der Waals surface area (Å²) in [6.45, 7) is 1.74. The zero-order chi connectivity index (χ0) is 13.8. The summed E-state index contributed by atoms with van der Waals surface area (Å²) in [4.78, 5) is 22.7. The average molecular weight is 261 g/mol. The standard InChI is InChI=1S/C15H19NO3/c1-2-13(15(18)19)16-14(17)9-10-6-7-11-4-3-5-12(11)8-10/h6-8,13H,2-5,9H2,1H3,(H,16,17)(H,18,19). The van der Waals surface area contributed by atoms with E-state index < -0.39 is 12.0 Å². The number of carbonyl (C=O) groups excluding carboxylic acids is 1. The monoisotopic (exact) mass is 261 g/mol. The van der Waals surface area contributed by atoms with Crippen molar-refractivity contribution in [3.05, 3.63) is 34.9 Å². The predicted octanol–water partition coefficient (Wildman–Crippen LogP) is 1.70. The molecule has 1 atom stereocenters. The summed E-state index contributed by atoms with van der Waals surface area (Å²) in [6, 6.07) is 5.33. The van der Waals surface area contributed by atoms with Gasteiger partial charge in [-0.3, -0.25) is 4.79 Å². The summed E-state index contributed by atoms with van der Waals surface area (Å²) in [5.74, 6) is -1.21. The Morgan fingerprint density at radius 2 is 2.05 bits per heavy atom. The summed E-state index contributed by atoms with van der Waals surface area (Å²) in [5.41, 5.74) is 3.66. The third-order valence-electron chi connectivity index (χ3n) is 3.57. The van der Waals surface area contributed by atoms with Gasteiger partial charge in [0.15, 0.2) is 0 Å². The molecule has 1 amide bonds. The average Bonchev–Trinajstić information content (AvgIpc) is 2.82. The van der Waals surface area contributed by atoms with Crippen LogP contribution in [-0.4, -0.2) is 23.0 Å². The van der Waals surface area contributed by atoms with Gasteiger partial charge in [0.05, 0.1) is 6.42 Å².